The number of carbonyl (C=O) groups is 1. The number of phenols is 1. The maximum absolute atomic E-state index is 11.5. The highest BCUT2D eigenvalue weighted by Gasteiger charge is 2.50. The molecule has 2 aliphatic heterocycles. The van der Waals surface area contributed by atoms with Gasteiger partial charge in [-0.2, -0.15) is 0 Å². The summed E-state index contributed by atoms with van der Waals surface area (Å²) in [6.07, 6.45) is 0.681. The van der Waals surface area contributed by atoms with Crippen LogP contribution in [0.5, 0.6) is 11.5 Å². The molecule has 0 radical (unpaired) electrons. The summed E-state index contributed by atoms with van der Waals surface area (Å²) in [6, 6.07) is 3.36. The van der Waals surface area contributed by atoms with Crippen LogP contribution < -0.4 is 4.74 Å². The lowest BCUT2D eigenvalue weighted by Crippen LogP contribution is -2.43. The Morgan fingerprint density at radius 1 is 1.47 bits per heavy atom. The lowest BCUT2D eigenvalue weighted by molar-refractivity contribution is -0.166. The number of carbonyl (C=O) groups excluding carboxylic acids is 1. The van der Waals surface area contributed by atoms with Crippen LogP contribution in [0.3, 0.4) is 0 Å². The molecule has 0 aromatic heterocycles. The minimum Gasteiger partial charge on any atom is -0.507 e. The lowest BCUT2D eigenvalue weighted by atomic mass is 9.81. The SMILES string of the molecule is CC(=O)c1ccc2c(c1O)C[C@H]1[C@H](C)CO[C@@]1(C)O2. The summed E-state index contributed by atoms with van der Waals surface area (Å²) >= 11 is 0. The van der Waals surface area contributed by atoms with Gasteiger partial charge in [-0.3, -0.25) is 4.79 Å². The number of Topliss-reactive ketones (excluding diaryl/α,β-unsaturated/α-hetero) is 1. The van der Waals surface area contributed by atoms with Crippen LogP contribution in [0.2, 0.25) is 0 Å². The molecule has 0 spiro atoms. The topological polar surface area (TPSA) is 55.8 Å². The first-order chi connectivity index (χ1) is 8.92. The number of phenolic OH excluding ortho intramolecular Hbond substituents is 1. The van der Waals surface area contributed by atoms with E-state index in [1.54, 1.807) is 12.1 Å². The Morgan fingerprint density at radius 3 is 2.89 bits per heavy atom. The quantitative estimate of drug-likeness (QED) is 0.790. The van der Waals surface area contributed by atoms with Crippen LogP contribution in [0.25, 0.3) is 0 Å². The molecule has 2 aliphatic rings. The first kappa shape index (κ1) is 12.5. The van der Waals surface area contributed by atoms with Gasteiger partial charge in [-0.05, 0) is 31.4 Å². The van der Waals surface area contributed by atoms with Gasteiger partial charge < -0.3 is 14.6 Å². The zero-order valence-corrected chi connectivity index (χ0v) is 11.4. The van der Waals surface area contributed by atoms with Crippen LogP contribution in [-0.2, 0) is 11.2 Å². The van der Waals surface area contributed by atoms with E-state index in [9.17, 15) is 9.90 Å². The van der Waals surface area contributed by atoms with Crippen molar-refractivity contribution >= 4 is 5.78 Å². The van der Waals surface area contributed by atoms with Crippen molar-refractivity contribution in [1.82, 2.24) is 0 Å². The molecule has 0 aliphatic carbocycles. The molecule has 4 heteroatoms. The molecule has 19 heavy (non-hydrogen) atoms. The minimum atomic E-state index is -0.614. The number of ketones is 1. The highest BCUT2D eigenvalue weighted by atomic mass is 16.7. The Balaban J connectivity index is 2.08. The Kier molecular flexibility index (Phi) is 2.61. The third-order valence-electron chi connectivity index (χ3n) is 4.35. The van der Waals surface area contributed by atoms with Crippen molar-refractivity contribution in [3.63, 3.8) is 0 Å². The first-order valence-electron chi connectivity index (χ1n) is 6.61. The van der Waals surface area contributed by atoms with Gasteiger partial charge in [0.15, 0.2) is 5.78 Å². The van der Waals surface area contributed by atoms with Crippen LogP contribution in [0.4, 0.5) is 0 Å². The van der Waals surface area contributed by atoms with E-state index in [1.165, 1.54) is 6.92 Å². The summed E-state index contributed by atoms with van der Waals surface area (Å²) in [4.78, 5) is 11.5. The molecular weight excluding hydrogens is 244 g/mol. The van der Waals surface area contributed by atoms with E-state index in [1.807, 2.05) is 6.92 Å². The number of fused-ring (bicyclic) bond motifs is 2. The van der Waals surface area contributed by atoms with Crippen molar-refractivity contribution < 1.29 is 19.4 Å². The molecule has 4 nitrogen and oxygen atoms in total. The number of ether oxygens (including phenoxy) is 2. The zero-order valence-electron chi connectivity index (χ0n) is 11.4. The van der Waals surface area contributed by atoms with Crippen LogP contribution in [0.1, 0.15) is 36.7 Å². The predicted octanol–water partition coefficient (Wildman–Crippen LogP) is 2.53. The third kappa shape index (κ3) is 1.74. The molecule has 1 aromatic carbocycles. The molecule has 3 rings (SSSR count). The molecular formula is C15H18O4. The zero-order chi connectivity index (χ0) is 13.8. The van der Waals surface area contributed by atoms with E-state index >= 15 is 0 Å². The summed E-state index contributed by atoms with van der Waals surface area (Å²) in [5.74, 6) is 0.508. The molecule has 1 N–H and O–H groups in total. The van der Waals surface area contributed by atoms with Crippen molar-refractivity contribution in [2.75, 3.05) is 6.61 Å². The Labute approximate surface area is 112 Å². The molecule has 2 heterocycles. The third-order valence-corrected chi connectivity index (χ3v) is 4.35. The second-order valence-corrected chi connectivity index (χ2v) is 5.71. The molecule has 102 valence electrons. The average Bonchev–Trinajstić information content (AvgIpc) is 2.63. The summed E-state index contributed by atoms with van der Waals surface area (Å²) in [7, 11) is 0. The van der Waals surface area contributed by atoms with Gasteiger partial charge >= 0.3 is 0 Å². The number of hydrogen-bond acceptors (Lipinski definition) is 4. The number of hydrogen-bond donors (Lipinski definition) is 1. The molecule has 1 saturated heterocycles. The van der Waals surface area contributed by atoms with Crippen molar-refractivity contribution in [3.8, 4) is 11.5 Å². The molecule has 3 atom stereocenters. The van der Waals surface area contributed by atoms with E-state index in [0.717, 1.165) is 5.56 Å². The van der Waals surface area contributed by atoms with Crippen molar-refractivity contribution in [1.29, 1.82) is 0 Å². The van der Waals surface area contributed by atoms with Crippen LogP contribution in [0.15, 0.2) is 12.1 Å². The molecule has 1 fully saturated rings. The monoisotopic (exact) mass is 262 g/mol. The normalized spacial score (nSPS) is 32.4. The maximum Gasteiger partial charge on any atom is 0.211 e. The average molecular weight is 262 g/mol. The highest BCUT2D eigenvalue weighted by Crippen LogP contribution is 2.48. The van der Waals surface area contributed by atoms with Gasteiger partial charge in [0.05, 0.1) is 12.2 Å². The fourth-order valence-electron chi connectivity index (χ4n) is 3.16. The van der Waals surface area contributed by atoms with Gasteiger partial charge in [0.1, 0.15) is 11.5 Å². The Bertz CT molecular complexity index is 551. The van der Waals surface area contributed by atoms with Crippen molar-refractivity contribution in [2.45, 2.75) is 33.0 Å². The molecule has 1 aromatic rings. The van der Waals surface area contributed by atoms with Gasteiger partial charge in [0.25, 0.3) is 0 Å². The molecule has 0 amide bonds. The lowest BCUT2D eigenvalue weighted by Gasteiger charge is -2.38. The van der Waals surface area contributed by atoms with Crippen molar-refractivity contribution in [3.05, 3.63) is 23.3 Å². The Morgan fingerprint density at radius 2 is 2.21 bits per heavy atom. The summed E-state index contributed by atoms with van der Waals surface area (Å²) in [5, 5.41) is 10.3. The van der Waals surface area contributed by atoms with Crippen LogP contribution in [0, 0.1) is 11.8 Å². The Hall–Kier alpha value is -1.55. The van der Waals surface area contributed by atoms with E-state index < -0.39 is 5.79 Å². The summed E-state index contributed by atoms with van der Waals surface area (Å²) in [5.41, 5.74) is 1.09. The second kappa shape index (κ2) is 3.97. The first-order valence-corrected chi connectivity index (χ1v) is 6.61. The van der Waals surface area contributed by atoms with Gasteiger partial charge in [0, 0.05) is 18.4 Å². The molecule has 0 bridgehead atoms. The largest absolute Gasteiger partial charge is 0.507 e. The fourth-order valence-corrected chi connectivity index (χ4v) is 3.16. The van der Waals surface area contributed by atoms with Gasteiger partial charge in [-0.15, -0.1) is 0 Å². The summed E-state index contributed by atoms with van der Waals surface area (Å²) in [6.45, 7) is 6.18. The fraction of sp³-hybridized carbons (Fsp3) is 0.533. The van der Waals surface area contributed by atoms with Crippen LogP contribution in [-0.4, -0.2) is 23.3 Å². The standard InChI is InChI=1S/C15H18O4/c1-8-7-18-15(3)12(8)6-11-13(19-15)5-4-10(9(2)16)14(11)17/h4-5,8,12,17H,6-7H2,1-3H3/t8-,12+,15+/m1/s1. The number of aromatic hydroxyl groups is 1. The molecule has 0 unspecified atom stereocenters. The second-order valence-electron chi connectivity index (χ2n) is 5.71. The van der Waals surface area contributed by atoms with Crippen LogP contribution >= 0.6 is 0 Å². The molecule has 0 saturated carbocycles. The van der Waals surface area contributed by atoms with Gasteiger partial charge in [-0.25, -0.2) is 0 Å². The van der Waals surface area contributed by atoms with E-state index in [4.69, 9.17) is 9.47 Å². The van der Waals surface area contributed by atoms with E-state index in [-0.39, 0.29) is 17.5 Å². The summed E-state index contributed by atoms with van der Waals surface area (Å²) < 4.78 is 11.7. The van der Waals surface area contributed by atoms with Gasteiger partial charge in [0.2, 0.25) is 5.79 Å². The number of benzene rings is 1. The highest BCUT2D eigenvalue weighted by molar-refractivity contribution is 5.97. The minimum absolute atomic E-state index is 0.0613. The van der Waals surface area contributed by atoms with Gasteiger partial charge in [-0.1, -0.05) is 6.92 Å². The van der Waals surface area contributed by atoms with Crippen molar-refractivity contribution in [2.24, 2.45) is 11.8 Å². The number of rotatable bonds is 1. The van der Waals surface area contributed by atoms with E-state index in [0.29, 0.717) is 30.3 Å². The van der Waals surface area contributed by atoms with E-state index in [2.05, 4.69) is 6.92 Å². The predicted molar refractivity (Wildman–Crippen MR) is 69.5 cm³/mol. The smallest absolute Gasteiger partial charge is 0.211 e. The maximum atomic E-state index is 11.5.